The van der Waals surface area contributed by atoms with E-state index in [2.05, 4.69) is 25.2 Å². The van der Waals surface area contributed by atoms with Gasteiger partial charge in [-0.05, 0) is 20.3 Å². The Balaban J connectivity index is 1.74. The summed E-state index contributed by atoms with van der Waals surface area (Å²) in [6, 6.07) is 0.0114. The molecule has 2 bridgehead atoms. The van der Waals surface area contributed by atoms with Crippen LogP contribution in [0.2, 0.25) is 0 Å². The molecule has 2 fully saturated rings. The molecule has 2 rings (SSSR count). The average molecular weight is 254 g/mol. The standard InChI is InChI=1S/C13H22N2O3/c1-10(2)4-3-5-14-13(16)15-6-11-8-17-9-12(7-15)18-11/h4,11-12H,3,5-9H2,1-2H3,(H,14,16). The number of hydrogen-bond donors (Lipinski definition) is 1. The zero-order valence-corrected chi connectivity index (χ0v) is 11.1. The van der Waals surface area contributed by atoms with E-state index in [0.717, 1.165) is 6.42 Å². The fourth-order valence-electron chi connectivity index (χ4n) is 2.26. The summed E-state index contributed by atoms with van der Waals surface area (Å²) < 4.78 is 11.1. The molecule has 0 aromatic heterocycles. The van der Waals surface area contributed by atoms with Crippen LogP contribution in [0.3, 0.4) is 0 Å². The number of urea groups is 1. The maximum absolute atomic E-state index is 12.0. The fourth-order valence-corrected chi connectivity index (χ4v) is 2.26. The van der Waals surface area contributed by atoms with Gasteiger partial charge in [0.25, 0.3) is 0 Å². The molecule has 5 heteroatoms. The Bertz CT molecular complexity index is 314. The summed E-state index contributed by atoms with van der Waals surface area (Å²) in [5.74, 6) is 0. The summed E-state index contributed by atoms with van der Waals surface area (Å²) in [5, 5.41) is 2.94. The monoisotopic (exact) mass is 254 g/mol. The molecule has 0 aromatic carbocycles. The number of hydrogen-bond acceptors (Lipinski definition) is 3. The minimum absolute atomic E-state index is 0.0114. The van der Waals surface area contributed by atoms with Crippen LogP contribution in [0.4, 0.5) is 4.79 Å². The maximum Gasteiger partial charge on any atom is 0.317 e. The van der Waals surface area contributed by atoms with Gasteiger partial charge in [-0.25, -0.2) is 4.79 Å². The number of rotatable bonds is 3. The molecule has 2 heterocycles. The molecule has 18 heavy (non-hydrogen) atoms. The lowest BCUT2D eigenvalue weighted by Gasteiger charge is -2.41. The van der Waals surface area contributed by atoms with E-state index in [1.165, 1.54) is 5.57 Å². The molecule has 0 radical (unpaired) electrons. The minimum Gasteiger partial charge on any atom is -0.376 e. The van der Waals surface area contributed by atoms with E-state index in [9.17, 15) is 4.79 Å². The minimum atomic E-state index is 0.0114. The van der Waals surface area contributed by atoms with Gasteiger partial charge in [-0.2, -0.15) is 0 Å². The van der Waals surface area contributed by atoms with Crippen LogP contribution in [0.15, 0.2) is 11.6 Å². The number of carbonyl (C=O) groups is 1. The van der Waals surface area contributed by atoms with Crippen LogP contribution in [-0.4, -0.2) is 56.0 Å². The van der Waals surface area contributed by atoms with Gasteiger partial charge in [0, 0.05) is 6.54 Å². The van der Waals surface area contributed by atoms with Crippen LogP contribution < -0.4 is 5.32 Å². The van der Waals surface area contributed by atoms with E-state index in [-0.39, 0.29) is 18.2 Å². The third kappa shape index (κ3) is 3.71. The first-order valence-corrected chi connectivity index (χ1v) is 6.54. The van der Waals surface area contributed by atoms with Crippen molar-refractivity contribution in [3.63, 3.8) is 0 Å². The molecule has 0 aromatic rings. The molecule has 102 valence electrons. The number of allylic oxidation sites excluding steroid dienone is 1. The van der Waals surface area contributed by atoms with Gasteiger partial charge in [-0.1, -0.05) is 11.6 Å². The Hall–Kier alpha value is -1.07. The lowest BCUT2D eigenvalue weighted by molar-refractivity contribution is -0.171. The molecule has 2 unspecified atom stereocenters. The number of morpholine rings is 1. The number of fused-ring (bicyclic) bond motifs is 2. The van der Waals surface area contributed by atoms with Crippen molar-refractivity contribution in [2.45, 2.75) is 32.5 Å². The lowest BCUT2D eigenvalue weighted by atomic mass is 10.2. The molecule has 1 N–H and O–H groups in total. The number of amides is 2. The van der Waals surface area contributed by atoms with E-state index in [1.54, 1.807) is 0 Å². The second-order valence-electron chi connectivity index (χ2n) is 5.12. The first-order chi connectivity index (χ1) is 8.65. The third-order valence-electron chi connectivity index (χ3n) is 3.10. The smallest absolute Gasteiger partial charge is 0.317 e. The zero-order valence-electron chi connectivity index (χ0n) is 11.1. The van der Waals surface area contributed by atoms with Gasteiger partial charge in [0.05, 0.1) is 38.5 Å². The van der Waals surface area contributed by atoms with Crippen molar-refractivity contribution in [3.05, 3.63) is 11.6 Å². The molecule has 2 aliphatic rings. The summed E-state index contributed by atoms with van der Waals surface area (Å²) in [5.41, 5.74) is 1.28. The predicted molar refractivity (Wildman–Crippen MR) is 68.5 cm³/mol. The normalized spacial score (nSPS) is 26.7. The Labute approximate surface area is 108 Å². The summed E-state index contributed by atoms with van der Waals surface area (Å²) in [7, 11) is 0. The molecule has 2 atom stereocenters. The summed E-state index contributed by atoms with van der Waals surface area (Å²) in [6.45, 7) is 7.26. The third-order valence-corrected chi connectivity index (χ3v) is 3.10. The summed E-state index contributed by atoms with van der Waals surface area (Å²) >= 11 is 0. The van der Waals surface area contributed by atoms with Crippen LogP contribution in [0.25, 0.3) is 0 Å². The Morgan fingerprint density at radius 1 is 1.33 bits per heavy atom. The van der Waals surface area contributed by atoms with Gasteiger partial charge in [-0.15, -0.1) is 0 Å². The lowest BCUT2D eigenvalue weighted by Crippen LogP contribution is -2.57. The highest BCUT2D eigenvalue weighted by atomic mass is 16.6. The summed E-state index contributed by atoms with van der Waals surface area (Å²) in [4.78, 5) is 13.8. The van der Waals surface area contributed by atoms with Crippen molar-refractivity contribution in [3.8, 4) is 0 Å². The van der Waals surface area contributed by atoms with Crippen molar-refractivity contribution in [1.82, 2.24) is 10.2 Å². The molecule has 2 aliphatic heterocycles. The molecular formula is C13H22N2O3. The maximum atomic E-state index is 12.0. The topological polar surface area (TPSA) is 50.8 Å². The Morgan fingerprint density at radius 3 is 2.61 bits per heavy atom. The SMILES string of the molecule is CC(C)=CCCNC(=O)N1CC2COCC(C1)O2. The van der Waals surface area contributed by atoms with Crippen LogP contribution in [-0.2, 0) is 9.47 Å². The van der Waals surface area contributed by atoms with Crippen LogP contribution in [0, 0.1) is 0 Å². The number of nitrogens with one attached hydrogen (secondary N) is 1. The highest BCUT2D eigenvalue weighted by Gasteiger charge is 2.33. The highest BCUT2D eigenvalue weighted by Crippen LogP contribution is 2.16. The first kappa shape index (κ1) is 13.4. The fraction of sp³-hybridized carbons (Fsp3) is 0.769. The molecule has 5 nitrogen and oxygen atoms in total. The largest absolute Gasteiger partial charge is 0.376 e. The van der Waals surface area contributed by atoms with Crippen molar-refractivity contribution in [2.75, 3.05) is 32.8 Å². The van der Waals surface area contributed by atoms with Gasteiger partial charge in [0.1, 0.15) is 0 Å². The average Bonchev–Trinajstić information content (AvgIpc) is 2.33. The zero-order chi connectivity index (χ0) is 13.0. The van der Waals surface area contributed by atoms with E-state index in [4.69, 9.17) is 9.47 Å². The van der Waals surface area contributed by atoms with Crippen LogP contribution >= 0.6 is 0 Å². The molecule has 2 amide bonds. The number of nitrogens with zero attached hydrogens (tertiary/aromatic N) is 1. The van der Waals surface area contributed by atoms with Crippen LogP contribution in [0.1, 0.15) is 20.3 Å². The summed E-state index contributed by atoms with van der Waals surface area (Å²) in [6.07, 6.45) is 3.10. The van der Waals surface area contributed by atoms with Gasteiger partial charge in [-0.3, -0.25) is 0 Å². The molecule has 0 aliphatic carbocycles. The van der Waals surface area contributed by atoms with E-state index >= 15 is 0 Å². The highest BCUT2D eigenvalue weighted by molar-refractivity contribution is 5.74. The molecular weight excluding hydrogens is 232 g/mol. The number of carbonyl (C=O) groups excluding carboxylic acids is 1. The van der Waals surface area contributed by atoms with Gasteiger partial charge in [0.15, 0.2) is 0 Å². The van der Waals surface area contributed by atoms with Crippen LogP contribution in [0.5, 0.6) is 0 Å². The van der Waals surface area contributed by atoms with Crippen molar-refractivity contribution in [1.29, 1.82) is 0 Å². The van der Waals surface area contributed by atoms with Gasteiger partial charge in [0.2, 0.25) is 0 Å². The molecule has 0 spiro atoms. The van der Waals surface area contributed by atoms with Gasteiger partial charge >= 0.3 is 6.03 Å². The second kappa shape index (κ2) is 6.20. The first-order valence-electron chi connectivity index (χ1n) is 6.54. The van der Waals surface area contributed by atoms with Crippen molar-refractivity contribution >= 4 is 6.03 Å². The van der Waals surface area contributed by atoms with Crippen molar-refractivity contribution in [2.24, 2.45) is 0 Å². The van der Waals surface area contributed by atoms with Crippen molar-refractivity contribution < 1.29 is 14.3 Å². The van der Waals surface area contributed by atoms with E-state index in [1.807, 2.05) is 4.90 Å². The molecule has 2 saturated heterocycles. The van der Waals surface area contributed by atoms with E-state index < -0.39 is 0 Å². The number of ether oxygens (including phenoxy) is 2. The van der Waals surface area contributed by atoms with E-state index in [0.29, 0.717) is 32.8 Å². The Kier molecular flexibility index (Phi) is 4.60. The predicted octanol–water partition coefficient (Wildman–Crippen LogP) is 1.15. The van der Waals surface area contributed by atoms with Gasteiger partial charge < -0.3 is 19.7 Å². The quantitative estimate of drug-likeness (QED) is 0.607. The Morgan fingerprint density at radius 2 is 2.00 bits per heavy atom. The second-order valence-corrected chi connectivity index (χ2v) is 5.12. The molecule has 0 saturated carbocycles.